The summed E-state index contributed by atoms with van der Waals surface area (Å²) in [4.78, 5) is 27.4. The molecule has 2 aromatic carbocycles. The lowest BCUT2D eigenvalue weighted by Gasteiger charge is -2.33. The Morgan fingerprint density at radius 3 is 2.27 bits per heavy atom. The minimum atomic E-state index is -3.80. The zero-order valence-corrected chi connectivity index (χ0v) is 21.0. The molecule has 1 N–H and O–H groups in total. The molecule has 0 radical (unpaired) electrons. The molecule has 0 aliphatic rings. The molecule has 0 fully saturated rings. The van der Waals surface area contributed by atoms with E-state index in [4.69, 9.17) is 16.3 Å². The lowest BCUT2D eigenvalue weighted by molar-refractivity contribution is -0.140. The fraction of sp³-hybridized carbons (Fsp3) is 0.391. The standard InChI is InChI=1S/C23H30ClN3O5S/c1-6-20(23(29)25-3)26(14-17-7-10-19(32-4)11-8-17)22(28)15-27(33(5,30)31)21-12-9-18(24)13-16(21)2/h7-13,20H,6,14-15H2,1-5H3,(H,25,29). The fourth-order valence-electron chi connectivity index (χ4n) is 3.51. The van der Waals surface area contributed by atoms with Gasteiger partial charge in [-0.2, -0.15) is 0 Å². The van der Waals surface area contributed by atoms with Crippen LogP contribution in [-0.4, -0.2) is 58.1 Å². The number of benzene rings is 2. The number of rotatable bonds is 10. The van der Waals surface area contributed by atoms with Crippen LogP contribution in [0.1, 0.15) is 24.5 Å². The number of carbonyl (C=O) groups excluding carboxylic acids is 2. The van der Waals surface area contributed by atoms with Crippen LogP contribution < -0.4 is 14.4 Å². The van der Waals surface area contributed by atoms with E-state index < -0.39 is 28.5 Å². The van der Waals surface area contributed by atoms with Gasteiger partial charge in [-0.05, 0) is 54.8 Å². The molecule has 180 valence electrons. The van der Waals surface area contributed by atoms with Crippen molar-refractivity contribution in [3.63, 3.8) is 0 Å². The van der Waals surface area contributed by atoms with Crippen molar-refractivity contribution in [2.24, 2.45) is 0 Å². The van der Waals surface area contributed by atoms with Gasteiger partial charge < -0.3 is 15.0 Å². The number of hydrogen-bond donors (Lipinski definition) is 1. The number of aryl methyl sites for hydroxylation is 1. The molecule has 0 saturated heterocycles. The van der Waals surface area contributed by atoms with Crippen molar-refractivity contribution >= 4 is 39.1 Å². The third-order valence-electron chi connectivity index (χ3n) is 5.25. The Hall–Kier alpha value is -2.78. The first-order chi connectivity index (χ1) is 15.5. The van der Waals surface area contributed by atoms with Crippen LogP contribution in [-0.2, 0) is 26.2 Å². The molecule has 0 aromatic heterocycles. The maximum atomic E-state index is 13.5. The highest BCUT2D eigenvalue weighted by Crippen LogP contribution is 2.26. The summed E-state index contributed by atoms with van der Waals surface area (Å²) in [5.41, 5.74) is 1.74. The number of hydrogen-bond acceptors (Lipinski definition) is 5. The van der Waals surface area contributed by atoms with Crippen LogP contribution in [0, 0.1) is 6.92 Å². The van der Waals surface area contributed by atoms with Gasteiger partial charge in [0.1, 0.15) is 18.3 Å². The molecule has 10 heteroatoms. The highest BCUT2D eigenvalue weighted by Gasteiger charge is 2.31. The Bertz CT molecular complexity index is 1090. The van der Waals surface area contributed by atoms with E-state index >= 15 is 0 Å². The SMILES string of the molecule is CCC(C(=O)NC)N(Cc1ccc(OC)cc1)C(=O)CN(c1ccc(Cl)cc1C)S(C)(=O)=O. The first-order valence-electron chi connectivity index (χ1n) is 10.4. The van der Waals surface area contributed by atoms with Gasteiger partial charge in [0.25, 0.3) is 0 Å². The van der Waals surface area contributed by atoms with E-state index in [2.05, 4.69) is 5.32 Å². The molecule has 1 unspecified atom stereocenters. The van der Waals surface area contributed by atoms with E-state index in [1.807, 2.05) is 0 Å². The first-order valence-corrected chi connectivity index (χ1v) is 12.6. The van der Waals surface area contributed by atoms with Crippen LogP contribution >= 0.6 is 11.6 Å². The van der Waals surface area contributed by atoms with Crippen molar-refractivity contribution in [1.29, 1.82) is 0 Å². The van der Waals surface area contributed by atoms with Crippen molar-refractivity contribution in [2.45, 2.75) is 32.9 Å². The van der Waals surface area contributed by atoms with E-state index in [0.717, 1.165) is 16.1 Å². The molecule has 0 bridgehead atoms. The van der Waals surface area contributed by atoms with Crippen LogP contribution in [0.25, 0.3) is 0 Å². The van der Waals surface area contributed by atoms with Gasteiger partial charge in [0.05, 0.1) is 19.1 Å². The number of nitrogens with one attached hydrogen (secondary N) is 1. The Kier molecular flexibility index (Phi) is 9.13. The average molecular weight is 496 g/mol. The van der Waals surface area contributed by atoms with Crippen LogP contribution in [0.15, 0.2) is 42.5 Å². The Morgan fingerprint density at radius 2 is 1.79 bits per heavy atom. The molecule has 8 nitrogen and oxygen atoms in total. The summed E-state index contributed by atoms with van der Waals surface area (Å²) in [6.45, 7) is 3.20. The van der Waals surface area contributed by atoms with Gasteiger partial charge >= 0.3 is 0 Å². The van der Waals surface area contributed by atoms with Gasteiger partial charge in [0.15, 0.2) is 0 Å². The summed E-state index contributed by atoms with van der Waals surface area (Å²) in [5.74, 6) is -0.162. The maximum Gasteiger partial charge on any atom is 0.244 e. The van der Waals surface area contributed by atoms with Crippen molar-refractivity contribution < 1.29 is 22.7 Å². The molecular weight excluding hydrogens is 466 g/mol. The molecule has 0 heterocycles. The molecule has 0 saturated carbocycles. The summed E-state index contributed by atoms with van der Waals surface area (Å²) in [6, 6.07) is 11.1. The van der Waals surface area contributed by atoms with Crippen LogP contribution in [0.5, 0.6) is 5.75 Å². The predicted octanol–water partition coefficient (Wildman–Crippen LogP) is 2.98. The molecule has 0 spiro atoms. The zero-order chi connectivity index (χ0) is 24.8. The van der Waals surface area contributed by atoms with Gasteiger partial charge in [-0.15, -0.1) is 0 Å². The van der Waals surface area contributed by atoms with Gasteiger partial charge in [0.2, 0.25) is 21.8 Å². The lowest BCUT2D eigenvalue weighted by Crippen LogP contribution is -2.51. The van der Waals surface area contributed by atoms with Gasteiger partial charge in [-0.3, -0.25) is 13.9 Å². The first kappa shape index (κ1) is 26.5. The monoisotopic (exact) mass is 495 g/mol. The second-order valence-electron chi connectivity index (χ2n) is 7.61. The zero-order valence-electron chi connectivity index (χ0n) is 19.5. The van der Waals surface area contributed by atoms with Crippen molar-refractivity contribution in [1.82, 2.24) is 10.2 Å². The topological polar surface area (TPSA) is 96.0 Å². The number of ether oxygens (including phenoxy) is 1. The number of likely N-dealkylation sites (N-methyl/N-ethyl adjacent to an activating group) is 1. The summed E-state index contributed by atoms with van der Waals surface area (Å²) < 4.78 is 31.4. The minimum absolute atomic E-state index is 0.131. The highest BCUT2D eigenvalue weighted by molar-refractivity contribution is 7.92. The fourth-order valence-corrected chi connectivity index (χ4v) is 4.64. The second kappa shape index (κ2) is 11.4. The number of halogens is 1. The number of sulfonamides is 1. The molecule has 0 aliphatic carbocycles. The van der Waals surface area contributed by atoms with E-state index in [1.54, 1.807) is 63.4 Å². The summed E-state index contributed by atoms with van der Waals surface area (Å²) >= 11 is 6.02. The Labute approximate surface area is 200 Å². The average Bonchev–Trinajstić information content (AvgIpc) is 2.77. The third-order valence-corrected chi connectivity index (χ3v) is 6.61. The van der Waals surface area contributed by atoms with Crippen molar-refractivity contribution in [3.8, 4) is 5.75 Å². The minimum Gasteiger partial charge on any atom is -0.497 e. The van der Waals surface area contributed by atoms with Crippen LogP contribution in [0.4, 0.5) is 5.69 Å². The lowest BCUT2D eigenvalue weighted by atomic mass is 10.1. The van der Waals surface area contributed by atoms with Crippen LogP contribution in [0.2, 0.25) is 5.02 Å². The second-order valence-corrected chi connectivity index (χ2v) is 9.95. The largest absolute Gasteiger partial charge is 0.497 e. The molecule has 0 aliphatic heterocycles. The molecule has 2 rings (SSSR count). The molecule has 2 amide bonds. The van der Waals surface area contributed by atoms with Crippen molar-refractivity contribution in [2.75, 3.05) is 31.3 Å². The molecule has 2 aromatic rings. The number of nitrogens with zero attached hydrogens (tertiary/aromatic N) is 2. The van der Waals surface area contributed by atoms with Crippen molar-refractivity contribution in [3.05, 3.63) is 58.6 Å². The van der Waals surface area contributed by atoms with E-state index in [0.29, 0.717) is 28.4 Å². The normalized spacial score (nSPS) is 12.1. The number of methoxy groups -OCH3 is 1. The Balaban J connectivity index is 2.44. The summed E-state index contributed by atoms with van der Waals surface area (Å²) in [6.07, 6.45) is 1.40. The number of anilines is 1. The molecule has 1 atom stereocenters. The number of carbonyl (C=O) groups is 2. The highest BCUT2D eigenvalue weighted by atomic mass is 35.5. The quantitative estimate of drug-likeness (QED) is 0.546. The maximum absolute atomic E-state index is 13.5. The molecule has 33 heavy (non-hydrogen) atoms. The number of amides is 2. The van der Waals surface area contributed by atoms with Gasteiger partial charge in [-0.1, -0.05) is 30.7 Å². The summed E-state index contributed by atoms with van der Waals surface area (Å²) in [5, 5.41) is 3.05. The van der Waals surface area contributed by atoms with E-state index in [1.165, 1.54) is 11.9 Å². The molecular formula is C23H30ClN3O5S. The Morgan fingerprint density at radius 1 is 1.15 bits per heavy atom. The van der Waals surface area contributed by atoms with E-state index in [-0.39, 0.29) is 12.5 Å². The predicted molar refractivity (Wildman–Crippen MR) is 130 cm³/mol. The smallest absolute Gasteiger partial charge is 0.244 e. The summed E-state index contributed by atoms with van der Waals surface area (Å²) in [7, 11) is -0.738. The third kappa shape index (κ3) is 6.85. The van der Waals surface area contributed by atoms with Crippen LogP contribution in [0.3, 0.4) is 0 Å². The van der Waals surface area contributed by atoms with Gasteiger partial charge in [-0.25, -0.2) is 8.42 Å². The van der Waals surface area contributed by atoms with Gasteiger partial charge in [0, 0.05) is 18.6 Å². The van der Waals surface area contributed by atoms with E-state index in [9.17, 15) is 18.0 Å².